The van der Waals surface area contributed by atoms with E-state index in [-0.39, 0.29) is 63.8 Å². The Kier molecular flexibility index (Phi) is 24.5. The third kappa shape index (κ3) is 19.6. The Morgan fingerprint density at radius 1 is 0.565 bits per heavy atom. The average Bonchev–Trinajstić information content (AvgIpc) is 3.04. The fraction of sp³-hybridized carbons (Fsp3) is 0.545. The lowest BCUT2D eigenvalue weighted by molar-refractivity contribution is -0.139. The van der Waals surface area contributed by atoms with Crippen LogP contribution in [0.2, 0.25) is 0 Å². The first-order valence-electron chi connectivity index (χ1n) is 15.0. The second kappa shape index (κ2) is 25.4. The molecule has 0 spiro atoms. The van der Waals surface area contributed by atoms with Gasteiger partial charge in [0.2, 0.25) is 0 Å². The lowest BCUT2D eigenvalue weighted by Crippen LogP contribution is -2.32. The van der Waals surface area contributed by atoms with E-state index in [2.05, 4.69) is 0 Å². The molecule has 46 heavy (non-hydrogen) atoms. The molecule has 0 atom stereocenters. The minimum atomic E-state index is -0.870. The highest BCUT2D eigenvalue weighted by atomic mass is 16.4. The number of aliphatic hydroxyl groups excluding tert-OH is 5. The summed E-state index contributed by atoms with van der Waals surface area (Å²) >= 11 is 0. The van der Waals surface area contributed by atoms with E-state index in [1.807, 2.05) is 13.8 Å². The van der Waals surface area contributed by atoms with Gasteiger partial charge in [-0.2, -0.15) is 0 Å². The fourth-order valence-corrected chi connectivity index (χ4v) is 3.73. The predicted octanol–water partition coefficient (Wildman–Crippen LogP) is 3.10. The molecule has 10 N–H and O–H groups in total. The molecule has 2 aromatic rings. The molecule has 0 aromatic heterocycles. The minimum absolute atomic E-state index is 0.0399. The molecular formula is C33H52O13. The SMILES string of the molecule is CC(CCC(=O)O)(c1ccc(O)cc1)c1ccc(O)cc1.CCC(CO)(CO)CO.O=C(O)CCCCC(=O)O.OCCCCO. The van der Waals surface area contributed by atoms with Crippen molar-refractivity contribution in [3.05, 3.63) is 59.7 Å². The highest BCUT2D eigenvalue weighted by Gasteiger charge is 2.29. The van der Waals surface area contributed by atoms with Gasteiger partial charge in [0.05, 0.1) is 19.8 Å². The Morgan fingerprint density at radius 3 is 1.11 bits per heavy atom. The van der Waals surface area contributed by atoms with Gasteiger partial charge in [-0.25, -0.2) is 0 Å². The zero-order chi connectivity index (χ0) is 35.6. The molecule has 0 aliphatic heterocycles. The number of phenolic OH excluding ortho intramolecular Hbond substituents is 2. The van der Waals surface area contributed by atoms with Gasteiger partial charge in [0.15, 0.2) is 0 Å². The lowest BCUT2D eigenvalue weighted by Gasteiger charge is -2.30. The number of benzene rings is 2. The minimum Gasteiger partial charge on any atom is -0.508 e. The number of aliphatic carboxylic acids is 3. The van der Waals surface area contributed by atoms with Crippen LogP contribution in [0.25, 0.3) is 0 Å². The lowest BCUT2D eigenvalue weighted by atomic mass is 9.73. The standard InChI is InChI=1S/C17H18O4.C6H10O4.C6H14O3.C4H10O2/c1-17(11-10-16(20)21,12-2-6-14(18)7-3-12)13-4-8-15(19)9-5-13;7-5(8)3-1-2-4-6(9)10;1-2-6(3-7,4-8)5-9;5-3-1-2-4-6/h2-9,18-19H,10-11H2,1H3,(H,20,21);1-4H2,(H,7,8)(H,9,10);7-9H,2-5H2,1H3;5-6H,1-4H2. The van der Waals surface area contributed by atoms with E-state index in [1.165, 1.54) is 0 Å². The van der Waals surface area contributed by atoms with Gasteiger partial charge in [0.1, 0.15) is 11.5 Å². The first-order valence-corrected chi connectivity index (χ1v) is 15.0. The Bertz CT molecular complexity index is 999. The normalized spacial score (nSPS) is 10.7. The van der Waals surface area contributed by atoms with E-state index < -0.39 is 28.7 Å². The van der Waals surface area contributed by atoms with Crippen molar-refractivity contribution in [1.29, 1.82) is 0 Å². The molecule has 13 heteroatoms. The zero-order valence-corrected chi connectivity index (χ0v) is 26.7. The van der Waals surface area contributed by atoms with E-state index >= 15 is 0 Å². The highest BCUT2D eigenvalue weighted by molar-refractivity contribution is 5.68. The summed E-state index contributed by atoms with van der Waals surface area (Å²) in [5.41, 5.74) is 0.680. The summed E-state index contributed by atoms with van der Waals surface area (Å²) in [4.78, 5) is 30.7. The van der Waals surface area contributed by atoms with E-state index in [9.17, 15) is 24.6 Å². The molecular weight excluding hydrogens is 604 g/mol. The first kappa shape index (κ1) is 44.4. The van der Waals surface area contributed by atoms with Gasteiger partial charge in [-0.3, -0.25) is 14.4 Å². The van der Waals surface area contributed by atoms with Gasteiger partial charge in [0, 0.05) is 43.3 Å². The molecule has 13 nitrogen and oxygen atoms in total. The van der Waals surface area contributed by atoms with Crippen LogP contribution in [0.5, 0.6) is 11.5 Å². The molecule has 262 valence electrons. The number of aromatic hydroxyl groups is 2. The van der Waals surface area contributed by atoms with Crippen LogP contribution in [0, 0.1) is 5.41 Å². The largest absolute Gasteiger partial charge is 0.508 e. The van der Waals surface area contributed by atoms with Crippen molar-refractivity contribution in [1.82, 2.24) is 0 Å². The topological polar surface area (TPSA) is 254 Å². The first-order chi connectivity index (χ1) is 21.7. The monoisotopic (exact) mass is 656 g/mol. The summed E-state index contributed by atoms with van der Waals surface area (Å²) < 4.78 is 0. The van der Waals surface area contributed by atoms with Crippen LogP contribution in [0.3, 0.4) is 0 Å². The summed E-state index contributed by atoms with van der Waals surface area (Å²) in [6.45, 7) is 3.71. The number of carbonyl (C=O) groups is 3. The van der Waals surface area contributed by atoms with Crippen LogP contribution >= 0.6 is 0 Å². The van der Waals surface area contributed by atoms with Crippen molar-refractivity contribution in [2.24, 2.45) is 5.41 Å². The quantitative estimate of drug-likeness (QED) is 0.110. The van der Waals surface area contributed by atoms with Crippen molar-refractivity contribution in [3.63, 3.8) is 0 Å². The molecule has 0 unspecified atom stereocenters. The molecule has 0 aliphatic rings. The van der Waals surface area contributed by atoms with Crippen LogP contribution in [-0.2, 0) is 19.8 Å². The zero-order valence-electron chi connectivity index (χ0n) is 26.7. The Hall–Kier alpha value is -3.75. The summed E-state index contributed by atoms with van der Waals surface area (Å²) in [7, 11) is 0. The van der Waals surface area contributed by atoms with Crippen molar-refractivity contribution in [2.75, 3.05) is 33.0 Å². The van der Waals surface area contributed by atoms with Gasteiger partial charge < -0.3 is 51.1 Å². The van der Waals surface area contributed by atoms with Gasteiger partial charge in [-0.15, -0.1) is 0 Å². The van der Waals surface area contributed by atoms with Crippen LogP contribution < -0.4 is 0 Å². The molecule has 0 amide bonds. The highest BCUT2D eigenvalue weighted by Crippen LogP contribution is 2.37. The van der Waals surface area contributed by atoms with Crippen molar-refractivity contribution < 1.29 is 65.4 Å². The molecule has 0 saturated heterocycles. The third-order valence-electron chi connectivity index (χ3n) is 7.20. The molecule has 0 fully saturated rings. The Balaban J connectivity index is 0. The smallest absolute Gasteiger partial charge is 0.303 e. The summed E-state index contributed by atoms with van der Waals surface area (Å²) in [5, 5.41) is 86.2. The fourth-order valence-electron chi connectivity index (χ4n) is 3.73. The molecule has 2 aromatic carbocycles. The van der Waals surface area contributed by atoms with E-state index in [0.29, 0.717) is 25.7 Å². The number of carboxylic acids is 3. The molecule has 2 rings (SSSR count). The summed E-state index contributed by atoms with van der Waals surface area (Å²) in [6, 6.07) is 13.6. The van der Waals surface area contributed by atoms with E-state index in [1.54, 1.807) is 48.5 Å². The van der Waals surface area contributed by atoms with Crippen molar-refractivity contribution >= 4 is 17.9 Å². The molecule has 0 radical (unpaired) electrons. The van der Waals surface area contributed by atoms with E-state index in [4.69, 9.17) is 40.9 Å². The Morgan fingerprint density at radius 2 is 0.891 bits per heavy atom. The van der Waals surface area contributed by atoms with Gasteiger partial charge >= 0.3 is 17.9 Å². The maximum absolute atomic E-state index is 10.9. The molecule has 0 saturated carbocycles. The third-order valence-corrected chi connectivity index (χ3v) is 7.20. The van der Waals surface area contributed by atoms with Crippen molar-refractivity contribution in [2.45, 2.75) is 77.0 Å². The average molecular weight is 657 g/mol. The van der Waals surface area contributed by atoms with Crippen LogP contribution in [0.4, 0.5) is 0 Å². The van der Waals surface area contributed by atoms with E-state index in [0.717, 1.165) is 24.0 Å². The van der Waals surface area contributed by atoms with Gasteiger partial charge in [0.25, 0.3) is 0 Å². The van der Waals surface area contributed by atoms with Gasteiger partial charge in [-0.05, 0) is 73.9 Å². The van der Waals surface area contributed by atoms with Crippen LogP contribution in [0.1, 0.15) is 82.8 Å². The summed E-state index contributed by atoms with van der Waals surface area (Å²) in [5.74, 6) is -2.25. The number of phenols is 2. The number of aliphatic hydroxyl groups is 5. The second-order valence-electron chi connectivity index (χ2n) is 10.8. The molecule has 0 aliphatic carbocycles. The number of rotatable bonds is 17. The van der Waals surface area contributed by atoms with Crippen LogP contribution in [0.15, 0.2) is 48.5 Å². The molecule has 0 bridgehead atoms. The number of hydrogen-bond donors (Lipinski definition) is 10. The maximum atomic E-state index is 10.9. The Labute approximate surface area is 270 Å². The van der Waals surface area contributed by atoms with Gasteiger partial charge in [-0.1, -0.05) is 38.1 Å². The second-order valence-corrected chi connectivity index (χ2v) is 10.8. The predicted molar refractivity (Wildman–Crippen MR) is 171 cm³/mol. The molecule has 0 heterocycles. The number of unbranched alkanes of at least 4 members (excludes halogenated alkanes) is 2. The summed E-state index contributed by atoms with van der Waals surface area (Å²) in [6.07, 6.45) is 3.52. The van der Waals surface area contributed by atoms with Crippen molar-refractivity contribution in [3.8, 4) is 11.5 Å². The maximum Gasteiger partial charge on any atom is 0.303 e. The van der Waals surface area contributed by atoms with Crippen LogP contribution in [-0.4, -0.2) is 102 Å². The number of carboxylic acid groups (broad SMARTS) is 3. The number of hydrogen-bond acceptors (Lipinski definition) is 10.